The Morgan fingerprint density at radius 2 is 1.88 bits per heavy atom. The zero-order valence-electron chi connectivity index (χ0n) is 19.6. The van der Waals surface area contributed by atoms with Crippen molar-refractivity contribution in [2.24, 2.45) is 5.92 Å². The zero-order chi connectivity index (χ0) is 23.9. The highest BCUT2D eigenvalue weighted by molar-refractivity contribution is 5.87. The number of hydrogen-bond donors (Lipinski definition) is 1. The summed E-state index contributed by atoms with van der Waals surface area (Å²) in [6.45, 7) is 9.40. The van der Waals surface area contributed by atoms with E-state index in [1.807, 2.05) is 0 Å². The maximum atomic E-state index is 12.0. The van der Waals surface area contributed by atoms with E-state index < -0.39 is 12.1 Å². The van der Waals surface area contributed by atoms with Gasteiger partial charge in [-0.25, -0.2) is 9.59 Å². The van der Waals surface area contributed by atoms with E-state index in [2.05, 4.69) is 20.4 Å². The Morgan fingerprint density at radius 3 is 2.50 bits per heavy atom. The largest absolute Gasteiger partial charge is 0.493 e. The normalized spacial score (nSPS) is 12.8. The molecule has 1 aromatic carbocycles. The molecule has 32 heavy (non-hydrogen) atoms. The predicted octanol–water partition coefficient (Wildman–Crippen LogP) is 4.33. The second-order valence-electron chi connectivity index (χ2n) is 7.63. The van der Waals surface area contributed by atoms with Gasteiger partial charge < -0.3 is 24.1 Å². The molecule has 0 saturated heterocycles. The third-order valence-electron chi connectivity index (χ3n) is 4.79. The lowest BCUT2D eigenvalue weighted by Gasteiger charge is -2.15. The maximum Gasteiger partial charge on any atom is 0.333 e. The van der Waals surface area contributed by atoms with Crippen LogP contribution >= 0.6 is 0 Å². The first-order valence-electron chi connectivity index (χ1n) is 11.0. The summed E-state index contributed by atoms with van der Waals surface area (Å²) in [7, 11) is 1.50. The molecule has 1 N–H and O–H groups in total. The number of methoxy groups -OCH3 is 1. The van der Waals surface area contributed by atoms with Gasteiger partial charge in [0.15, 0.2) is 11.5 Å². The number of carbonyl (C=O) groups excluding carboxylic acids is 2. The van der Waals surface area contributed by atoms with Crippen LogP contribution in [0.1, 0.15) is 52.0 Å². The minimum absolute atomic E-state index is 0.0853. The molecule has 0 bridgehead atoms. The quantitative estimate of drug-likeness (QED) is 0.315. The van der Waals surface area contributed by atoms with Crippen molar-refractivity contribution in [2.75, 3.05) is 26.9 Å². The highest BCUT2D eigenvalue weighted by Gasteiger charge is 2.13. The van der Waals surface area contributed by atoms with Crippen LogP contribution in [0.3, 0.4) is 0 Å². The van der Waals surface area contributed by atoms with Crippen molar-refractivity contribution < 1.29 is 33.6 Å². The number of ether oxygens (including phenoxy) is 4. The molecule has 0 aromatic heterocycles. The van der Waals surface area contributed by atoms with Gasteiger partial charge in [0.1, 0.15) is 19.3 Å². The SMILES string of the molecule is C=C(C)C(=O)OCC(O)COc1ccc(/C=C/C(=O)OCC(CC)CCCC)cc1OC. The summed E-state index contributed by atoms with van der Waals surface area (Å²) in [5.74, 6) is 0.300. The fourth-order valence-corrected chi connectivity index (χ4v) is 2.75. The maximum absolute atomic E-state index is 12.0. The Balaban J connectivity index is 2.58. The smallest absolute Gasteiger partial charge is 0.333 e. The number of aliphatic hydroxyl groups excluding tert-OH is 1. The van der Waals surface area contributed by atoms with Crippen molar-refractivity contribution in [1.29, 1.82) is 0 Å². The van der Waals surface area contributed by atoms with E-state index in [0.29, 0.717) is 24.0 Å². The summed E-state index contributed by atoms with van der Waals surface area (Å²) in [6, 6.07) is 5.14. The van der Waals surface area contributed by atoms with Crippen LogP contribution in [0, 0.1) is 5.92 Å². The van der Waals surface area contributed by atoms with E-state index >= 15 is 0 Å². The summed E-state index contributed by atoms with van der Waals surface area (Å²) < 4.78 is 21.2. The fourth-order valence-electron chi connectivity index (χ4n) is 2.75. The van der Waals surface area contributed by atoms with Crippen molar-refractivity contribution in [3.8, 4) is 11.5 Å². The van der Waals surface area contributed by atoms with Crippen LogP contribution in [0.25, 0.3) is 6.08 Å². The van der Waals surface area contributed by atoms with E-state index in [4.69, 9.17) is 18.9 Å². The first kappa shape index (κ1) is 27.2. The lowest BCUT2D eigenvalue weighted by molar-refractivity contribution is -0.142. The lowest BCUT2D eigenvalue weighted by Crippen LogP contribution is -2.25. The number of rotatable bonds is 15. The molecule has 178 valence electrons. The van der Waals surface area contributed by atoms with Crippen LogP contribution in [0.15, 0.2) is 36.4 Å². The first-order chi connectivity index (χ1) is 15.3. The minimum Gasteiger partial charge on any atom is -0.493 e. The fraction of sp³-hybridized carbons (Fsp3) is 0.520. The summed E-state index contributed by atoms with van der Waals surface area (Å²) in [5, 5.41) is 9.92. The van der Waals surface area contributed by atoms with E-state index in [9.17, 15) is 14.7 Å². The number of carbonyl (C=O) groups is 2. The lowest BCUT2D eigenvalue weighted by atomic mass is 10.0. The summed E-state index contributed by atoms with van der Waals surface area (Å²) >= 11 is 0. The van der Waals surface area contributed by atoms with Gasteiger partial charge in [-0.3, -0.25) is 0 Å². The van der Waals surface area contributed by atoms with Gasteiger partial charge in [-0.15, -0.1) is 0 Å². The Bertz CT molecular complexity index is 770. The van der Waals surface area contributed by atoms with Crippen LogP contribution in [0.4, 0.5) is 0 Å². The van der Waals surface area contributed by atoms with Crippen molar-refractivity contribution in [2.45, 2.75) is 52.6 Å². The zero-order valence-corrected chi connectivity index (χ0v) is 19.6. The molecule has 1 rings (SSSR count). The van der Waals surface area contributed by atoms with Gasteiger partial charge in [0.05, 0.1) is 13.7 Å². The molecular weight excluding hydrogens is 412 g/mol. The van der Waals surface area contributed by atoms with Crippen LogP contribution in [-0.2, 0) is 19.1 Å². The Morgan fingerprint density at radius 1 is 1.12 bits per heavy atom. The molecule has 0 aliphatic rings. The Hall–Kier alpha value is -2.80. The van der Waals surface area contributed by atoms with Crippen molar-refractivity contribution in [1.82, 2.24) is 0 Å². The van der Waals surface area contributed by atoms with Crippen molar-refractivity contribution in [3.63, 3.8) is 0 Å². The number of esters is 2. The molecule has 0 spiro atoms. The second kappa shape index (κ2) is 15.1. The van der Waals surface area contributed by atoms with Crippen molar-refractivity contribution in [3.05, 3.63) is 42.0 Å². The molecule has 0 aliphatic heterocycles. The van der Waals surface area contributed by atoms with Crippen LogP contribution < -0.4 is 9.47 Å². The summed E-state index contributed by atoms with van der Waals surface area (Å²) in [4.78, 5) is 23.4. The monoisotopic (exact) mass is 448 g/mol. The summed E-state index contributed by atoms with van der Waals surface area (Å²) in [6.07, 6.45) is 6.36. The average Bonchev–Trinajstić information content (AvgIpc) is 2.79. The standard InChI is InChI=1S/C25H36O7/c1-6-8-9-19(7-2)15-31-24(27)13-11-20-10-12-22(23(14-20)29-5)30-16-21(26)17-32-25(28)18(3)4/h10-14,19,21,26H,3,6-9,15-17H2,1-2,4-5H3/b13-11+. The average molecular weight is 449 g/mol. The highest BCUT2D eigenvalue weighted by Crippen LogP contribution is 2.28. The van der Waals surface area contributed by atoms with E-state index in [1.54, 1.807) is 24.3 Å². The van der Waals surface area contributed by atoms with Crippen LogP contribution in [0.2, 0.25) is 0 Å². The molecule has 0 aliphatic carbocycles. The van der Waals surface area contributed by atoms with Gasteiger partial charge in [-0.1, -0.05) is 45.8 Å². The van der Waals surface area contributed by atoms with Crippen LogP contribution in [-0.4, -0.2) is 50.1 Å². The molecule has 7 heteroatoms. The Labute approximate surface area is 191 Å². The van der Waals surface area contributed by atoms with E-state index in [0.717, 1.165) is 31.2 Å². The van der Waals surface area contributed by atoms with Gasteiger partial charge >= 0.3 is 11.9 Å². The van der Waals surface area contributed by atoms with Gasteiger partial charge in [0.25, 0.3) is 0 Å². The molecule has 0 fully saturated rings. The highest BCUT2D eigenvalue weighted by atomic mass is 16.6. The Kier molecular flexibility index (Phi) is 12.8. The third-order valence-corrected chi connectivity index (χ3v) is 4.79. The second-order valence-corrected chi connectivity index (χ2v) is 7.63. The van der Waals surface area contributed by atoms with Crippen molar-refractivity contribution >= 4 is 18.0 Å². The number of unbranched alkanes of at least 4 members (excludes halogenated alkanes) is 1. The first-order valence-corrected chi connectivity index (χ1v) is 11.0. The molecule has 0 saturated carbocycles. The predicted molar refractivity (Wildman–Crippen MR) is 124 cm³/mol. The molecule has 7 nitrogen and oxygen atoms in total. The summed E-state index contributed by atoms with van der Waals surface area (Å²) in [5.41, 5.74) is 0.995. The van der Waals surface area contributed by atoms with Gasteiger partial charge in [-0.05, 0) is 43.0 Å². The molecule has 0 amide bonds. The molecule has 2 unspecified atom stereocenters. The molecular formula is C25H36O7. The number of hydrogen-bond acceptors (Lipinski definition) is 7. The van der Waals surface area contributed by atoms with Gasteiger partial charge in [-0.2, -0.15) is 0 Å². The minimum atomic E-state index is -0.998. The van der Waals surface area contributed by atoms with Crippen LogP contribution in [0.5, 0.6) is 11.5 Å². The molecule has 0 radical (unpaired) electrons. The van der Waals surface area contributed by atoms with E-state index in [-0.39, 0.29) is 24.8 Å². The molecule has 2 atom stereocenters. The molecule has 0 heterocycles. The van der Waals surface area contributed by atoms with Gasteiger partial charge in [0, 0.05) is 11.6 Å². The topological polar surface area (TPSA) is 91.3 Å². The number of aliphatic hydroxyl groups is 1. The van der Waals surface area contributed by atoms with Gasteiger partial charge in [0.2, 0.25) is 0 Å². The van der Waals surface area contributed by atoms with E-state index in [1.165, 1.54) is 20.1 Å². The third kappa shape index (κ3) is 10.5. The molecule has 1 aromatic rings. The number of benzene rings is 1.